The SMILES string of the molecule is Cc1cc(Nc2ccc(Oc3ccc(Nc4cc(C)nc5ccccc45)cc3)cc2)c2ccccc2n1. The Morgan fingerprint density at radius 3 is 1.35 bits per heavy atom. The van der Waals surface area contributed by atoms with Gasteiger partial charge in [0.2, 0.25) is 0 Å². The predicted molar refractivity (Wildman–Crippen MR) is 152 cm³/mol. The van der Waals surface area contributed by atoms with Gasteiger partial charge in [0.15, 0.2) is 0 Å². The number of nitrogens with one attached hydrogen (secondary N) is 2. The molecule has 0 radical (unpaired) electrons. The van der Waals surface area contributed by atoms with Crippen LogP contribution in [0, 0.1) is 13.8 Å². The topological polar surface area (TPSA) is 59.1 Å². The third kappa shape index (κ3) is 4.93. The number of nitrogens with zero attached hydrogens (tertiary/aromatic N) is 2. The van der Waals surface area contributed by atoms with Gasteiger partial charge in [-0.1, -0.05) is 36.4 Å². The molecule has 2 heterocycles. The molecule has 0 amide bonds. The number of pyridine rings is 2. The highest BCUT2D eigenvalue weighted by atomic mass is 16.5. The molecule has 5 heteroatoms. The Bertz CT molecular complexity index is 1580. The highest BCUT2D eigenvalue weighted by molar-refractivity contribution is 5.94. The first-order valence-corrected chi connectivity index (χ1v) is 12.3. The van der Waals surface area contributed by atoms with Gasteiger partial charge in [-0.2, -0.15) is 0 Å². The zero-order valence-electron chi connectivity index (χ0n) is 20.7. The van der Waals surface area contributed by atoms with E-state index in [2.05, 4.69) is 44.9 Å². The second-order valence-corrected chi connectivity index (χ2v) is 9.06. The van der Waals surface area contributed by atoms with Gasteiger partial charge in [0, 0.05) is 44.9 Å². The monoisotopic (exact) mass is 482 g/mol. The maximum absolute atomic E-state index is 6.09. The van der Waals surface area contributed by atoms with Crippen molar-refractivity contribution in [1.29, 1.82) is 0 Å². The first-order valence-electron chi connectivity index (χ1n) is 12.3. The van der Waals surface area contributed by atoms with Crippen LogP contribution in [0.2, 0.25) is 0 Å². The maximum Gasteiger partial charge on any atom is 0.127 e. The number of rotatable bonds is 6. The predicted octanol–water partition coefficient (Wildman–Crippen LogP) is 8.68. The maximum atomic E-state index is 6.09. The average molecular weight is 483 g/mol. The van der Waals surface area contributed by atoms with Crippen molar-refractivity contribution in [2.75, 3.05) is 10.6 Å². The van der Waals surface area contributed by atoms with Crippen molar-refractivity contribution >= 4 is 44.6 Å². The van der Waals surface area contributed by atoms with Crippen LogP contribution in [0.25, 0.3) is 21.8 Å². The largest absolute Gasteiger partial charge is 0.457 e. The number of para-hydroxylation sites is 2. The number of anilines is 4. The van der Waals surface area contributed by atoms with Gasteiger partial charge in [-0.15, -0.1) is 0 Å². The Hall–Kier alpha value is -4.90. The second kappa shape index (κ2) is 9.63. The molecule has 180 valence electrons. The lowest BCUT2D eigenvalue weighted by molar-refractivity contribution is 0.483. The summed E-state index contributed by atoms with van der Waals surface area (Å²) < 4.78 is 6.09. The van der Waals surface area contributed by atoms with E-state index in [1.165, 1.54) is 0 Å². The minimum Gasteiger partial charge on any atom is -0.457 e. The molecule has 0 saturated carbocycles. The molecular formula is C32H26N4O. The summed E-state index contributed by atoms with van der Waals surface area (Å²) in [5, 5.41) is 9.22. The van der Waals surface area contributed by atoms with E-state index in [4.69, 9.17) is 4.74 Å². The molecule has 5 nitrogen and oxygen atoms in total. The Morgan fingerprint density at radius 2 is 0.919 bits per heavy atom. The van der Waals surface area contributed by atoms with E-state index >= 15 is 0 Å². The first-order chi connectivity index (χ1) is 18.1. The number of hydrogen-bond donors (Lipinski definition) is 2. The van der Waals surface area contributed by atoms with Crippen LogP contribution in [0.5, 0.6) is 11.5 Å². The minimum absolute atomic E-state index is 0.776. The van der Waals surface area contributed by atoms with Crippen molar-refractivity contribution in [3.8, 4) is 11.5 Å². The van der Waals surface area contributed by atoms with E-state index in [1.54, 1.807) is 0 Å². The summed E-state index contributed by atoms with van der Waals surface area (Å²) >= 11 is 0. The zero-order valence-corrected chi connectivity index (χ0v) is 20.7. The Labute approximate surface area is 215 Å². The molecule has 6 aromatic rings. The average Bonchev–Trinajstić information content (AvgIpc) is 2.91. The summed E-state index contributed by atoms with van der Waals surface area (Å²) in [5.74, 6) is 1.55. The quantitative estimate of drug-likeness (QED) is 0.249. The number of ether oxygens (including phenoxy) is 1. The van der Waals surface area contributed by atoms with E-state index in [0.717, 1.165) is 67.4 Å². The fraction of sp³-hybridized carbons (Fsp3) is 0.0625. The molecule has 0 spiro atoms. The van der Waals surface area contributed by atoms with E-state index in [-0.39, 0.29) is 0 Å². The van der Waals surface area contributed by atoms with Gasteiger partial charge in [0.1, 0.15) is 11.5 Å². The molecule has 0 aliphatic heterocycles. The molecule has 6 rings (SSSR count). The van der Waals surface area contributed by atoms with Crippen molar-refractivity contribution < 1.29 is 4.74 Å². The lowest BCUT2D eigenvalue weighted by atomic mass is 10.1. The van der Waals surface area contributed by atoms with Gasteiger partial charge in [-0.05, 0) is 86.6 Å². The lowest BCUT2D eigenvalue weighted by Crippen LogP contribution is -1.95. The highest BCUT2D eigenvalue weighted by Crippen LogP contribution is 2.30. The summed E-state index contributed by atoms with van der Waals surface area (Å²) in [6.07, 6.45) is 0. The molecule has 2 aromatic heterocycles. The summed E-state index contributed by atoms with van der Waals surface area (Å²) in [6, 6.07) is 36.4. The second-order valence-electron chi connectivity index (χ2n) is 9.06. The Morgan fingerprint density at radius 1 is 0.514 bits per heavy atom. The van der Waals surface area contributed by atoms with Crippen LogP contribution in [0.4, 0.5) is 22.7 Å². The van der Waals surface area contributed by atoms with Gasteiger partial charge >= 0.3 is 0 Å². The van der Waals surface area contributed by atoms with Crippen LogP contribution in [0.3, 0.4) is 0 Å². The fourth-order valence-electron chi connectivity index (χ4n) is 4.48. The van der Waals surface area contributed by atoms with Crippen LogP contribution >= 0.6 is 0 Å². The van der Waals surface area contributed by atoms with Gasteiger partial charge in [0.25, 0.3) is 0 Å². The molecule has 0 atom stereocenters. The van der Waals surface area contributed by atoms with Gasteiger partial charge in [-0.25, -0.2) is 0 Å². The van der Waals surface area contributed by atoms with Crippen molar-refractivity contribution in [3.63, 3.8) is 0 Å². The van der Waals surface area contributed by atoms with Crippen molar-refractivity contribution in [2.45, 2.75) is 13.8 Å². The van der Waals surface area contributed by atoms with Gasteiger partial charge in [0.05, 0.1) is 11.0 Å². The van der Waals surface area contributed by atoms with Crippen LogP contribution in [0.1, 0.15) is 11.4 Å². The van der Waals surface area contributed by atoms with Crippen LogP contribution in [-0.4, -0.2) is 9.97 Å². The summed E-state index contributed by atoms with van der Waals surface area (Å²) in [6.45, 7) is 4.02. The zero-order chi connectivity index (χ0) is 25.2. The summed E-state index contributed by atoms with van der Waals surface area (Å²) in [7, 11) is 0. The molecular weight excluding hydrogens is 456 g/mol. The minimum atomic E-state index is 0.776. The van der Waals surface area contributed by atoms with Crippen molar-refractivity contribution in [2.24, 2.45) is 0 Å². The molecule has 37 heavy (non-hydrogen) atoms. The number of fused-ring (bicyclic) bond motifs is 2. The molecule has 0 aliphatic rings. The standard InChI is InChI=1S/C32H26N4O/c1-21-19-31(27-7-3-5-9-29(27)33-21)35-23-11-15-25(16-12-23)37-26-17-13-24(14-18-26)36-32-20-22(2)34-30-10-6-4-8-28(30)32/h3-20H,1-2H3,(H,33,35)(H,34,36). The smallest absolute Gasteiger partial charge is 0.127 e. The normalized spacial score (nSPS) is 11.0. The summed E-state index contributed by atoms with van der Waals surface area (Å²) in [5.41, 5.74) is 7.97. The molecule has 2 N–H and O–H groups in total. The summed E-state index contributed by atoms with van der Waals surface area (Å²) in [4.78, 5) is 9.24. The van der Waals surface area contributed by atoms with E-state index < -0.39 is 0 Å². The molecule has 4 aromatic carbocycles. The van der Waals surface area contributed by atoms with Crippen LogP contribution in [-0.2, 0) is 0 Å². The number of benzene rings is 4. The Kier molecular flexibility index (Phi) is 5.87. The molecule has 0 bridgehead atoms. The number of aryl methyl sites for hydroxylation is 2. The number of hydrogen-bond acceptors (Lipinski definition) is 5. The third-order valence-electron chi connectivity index (χ3n) is 6.19. The van der Waals surface area contributed by atoms with Crippen LogP contribution < -0.4 is 15.4 Å². The first kappa shape index (κ1) is 22.6. The third-order valence-corrected chi connectivity index (χ3v) is 6.19. The van der Waals surface area contributed by atoms with Crippen molar-refractivity contribution in [1.82, 2.24) is 9.97 Å². The van der Waals surface area contributed by atoms with Crippen molar-refractivity contribution in [3.05, 3.63) is 121 Å². The van der Waals surface area contributed by atoms with Crippen LogP contribution in [0.15, 0.2) is 109 Å². The molecule has 0 fully saturated rings. The Balaban J connectivity index is 1.15. The lowest BCUT2D eigenvalue weighted by Gasteiger charge is -2.13. The molecule has 0 unspecified atom stereocenters. The highest BCUT2D eigenvalue weighted by Gasteiger charge is 2.07. The molecule has 0 saturated heterocycles. The molecule has 0 aliphatic carbocycles. The fourth-order valence-corrected chi connectivity index (χ4v) is 4.48. The van der Waals surface area contributed by atoms with Gasteiger partial charge in [-0.3, -0.25) is 9.97 Å². The van der Waals surface area contributed by atoms with E-state index in [0.29, 0.717) is 0 Å². The van der Waals surface area contributed by atoms with E-state index in [1.807, 2.05) is 98.8 Å². The van der Waals surface area contributed by atoms with Gasteiger partial charge < -0.3 is 15.4 Å². The van der Waals surface area contributed by atoms with E-state index in [9.17, 15) is 0 Å². The number of aromatic nitrogens is 2.